The molecule has 2 N–H and O–H groups in total. The maximum atomic E-state index is 11.6. The van der Waals surface area contributed by atoms with Gasteiger partial charge in [-0.15, -0.1) is 0 Å². The number of unbranched alkanes of at least 4 members (excludes halogenated alkanes) is 4. The summed E-state index contributed by atoms with van der Waals surface area (Å²) in [5.74, 6) is 0.366. The molecule has 0 heterocycles. The first-order valence-corrected chi connectivity index (χ1v) is 12.2. The number of alkyl carbamates (subject to hydrolysis) is 2. The van der Waals surface area contributed by atoms with E-state index in [-0.39, 0.29) is 22.4 Å². The van der Waals surface area contributed by atoms with Crippen LogP contribution >= 0.6 is 0 Å². The van der Waals surface area contributed by atoms with Gasteiger partial charge in [0.1, 0.15) is 11.6 Å². The second-order valence-electron chi connectivity index (χ2n) is 9.98. The zero-order valence-corrected chi connectivity index (χ0v) is 21.6. The Morgan fingerprint density at radius 2 is 0.939 bits per heavy atom. The van der Waals surface area contributed by atoms with Crippen molar-refractivity contribution in [3.63, 3.8) is 0 Å². The second-order valence-corrected chi connectivity index (χ2v) is 9.98. The third-order valence-corrected chi connectivity index (χ3v) is 6.16. The first-order chi connectivity index (χ1) is 15.4. The van der Waals surface area contributed by atoms with Crippen LogP contribution in [0.5, 0.6) is 0 Å². The highest BCUT2D eigenvalue weighted by atomic mass is 16.6. The summed E-state index contributed by atoms with van der Waals surface area (Å²) in [4.78, 5) is 46.2. The molecule has 8 nitrogen and oxygen atoms in total. The summed E-state index contributed by atoms with van der Waals surface area (Å²) in [5.41, 5.74) is -0.613. The van der Waals surface area contributed by atoms with E-state index in [2.05, 4.69) is 10.6 Å². The van der Waals surface area contributed by atoms with Crippen molar-refractivity contribution >= 4 is 23.8 Å². The number of amides is 2. The Hall–Kier alpha value is -2.12. The lowest BCUT2D eigenvalue weighted by atomic mass is 9.83. The summed E-state index contributed by atoms with van der Waals surface area (Å²) in [5, 5.41) is 5.43. The Morgan fingerprint density at radius 1 is 0.576 bits per heavy atom. The topological polar surface area (TPSA) is 111 Å². The Bertz CT molecular complexity index is 564. The molecule has 192 valence electrons. The second kappa shape index (κ2) is 16.5. The number of hydrogen-bond donors (Lipinski definition) is 2. The molecule has 0 spiro atoms. The van der Waals surface area contributed by atoms with E-state index >= 15 is 0 Å². The van der Waals surface area contributed by atoms with Crippen LogP contribution in [0, 0.1) is 10.8 Å². The number of carbonyl (C=O) groups excluding carboxylic acids is 4. The molecule has 0 aromatic rings. The van der Waals surface area contributed by atoms with Crippen LogP contribution in [-0.2, 0) is 19.1 Å². The van der Waals surface area contributed by atoms with Gasteiger partial charge in [-0.05, 0) is 58.8 Å². The summed E-state index contributed by atoms with van der Waals surface area (Å²) in [6.45, 7) is 12.7. The lowest BCUT2D eigenvalue weighted by Crippen LogP contribution is -2.27. The molecule has 0 rings (SSSR count). The fraction of sp³-hybridized carbons (Fsp3) is 0.840. The minimum absolute atomic E-state index is 0.183. The molecule has 2 amide bonds. The Labute approximate surface area is 199 Å². The number of ether oxygens (including phenoxy) is 2. The van der Waals surface area contributed by atoms with Gasteiger partial charge in [-0.25, -0.2) is 9.59 Å². The molecule has 0 saturated heterocycles. The van der Waals surface area contributed by atoms with Crippen LogP contribution in [0.3, 0.4) is 0 Å². The van der Waals surface area contributed by atoms with Gasteiger partial charge in [0, 0.05) is 23.9 Å². The summed E-state index contributed by atoms with van der Waals surface area (Å²) in [7, 11) is 0. The Morgan fingerprint density at radius 3 is 1.27 bits per heavy atom. The number of ketones is 2. The summed E-state index contributed by atoms with van der Waals surface area (Å²) in [6, 6.07) is 0. The highest BCUT2D eigenvalue weighted by Gasteiger charge is 2.23. The predicted octanol–water partition coefficient (Wildman–Crippen LogP) is 5.18. The average molecular weight is 471 g/mol. The standard InChI is InChI=1S/C25H46N2O6/c1-20(28)24(3,4)14-8-10-16-26-22(30)32-18-12-7-13-19-33-23(31)27-17-11-9-15-25(5,6)21(2)29/h7-19H2,1-6H3,(H,26,30)(H,27,31). The van der Waals surface area contributed by atoms with E-state index in [1.807, 2.05) is 27.7 Å². The van der Waals surface area contributed by atoms with Gasteiger partial charge in [-0.1, -0.05) is 40.5 Å². The molecular formula is C25H46N2O6. The third-order valence-electron chi connectivity index (χ3n) is 6.16. The van der Waals surface area contributed by atoms with Crippen molar-refractivity contribution in [2.24, 2.45) is 10.8 Å². The van der Waals surface area contributed by atoms with Gasteiger partial charge in [0.25, 0.3) is 0 Å². The molecule has 0 saturated carbocycles. The molecule has 0 aromatic carbocycles. The Balaban J connectivity index is 3.53. The van der Waals surface area contributed by atoms with E-state index < -0.39 is 12.2 Å². The molecule has 8 heteroatoms. The molecule has 0 aliphatic carbocycles. The molecule has 0 bridgehead atoms. The van der Waals surface area contributed by atoms with E-state index in [9.17, 15) is 19.2 Å². The number of nitrogens with one attached hydrogen (secondary N) is 2. The molecule has 33 heavy (non-hydrogen) atoms. The normalized spacial score (nSPS) is 11.6. The number of hydrogen-bond acceptors (Lipinski definition) is 6. The summed E-state index contributed by atoms with van der Waals surface area (Å²) < 4.78 is 10.2. The van der Waals surface area contributed by atoms with Crippen LogP contribution in [-0.4, -0.2) is 50.1 Å². The van der Waals surface area contributed by atoms with Crippen LogP contribution in [0.4, 0.5) is 9.59 Å². The van der Waals surface area contributed by atoms with E-state index in [4.69, 9.17) is 9.47 Å². The van der Waals surface area contributed by atoms with Crippen LogP contribution in [0.25, 0.3) is 0 Å². The lowest BCUT2D eigenvalue weighted by Gasteiger charge is -2.20. The maximum Gasteiger partial charge on any atom is 0.407 e. The van der Waals surface area contributed by atoms with Crippen molar-refractivity contribution in [1.82, 2.24) is 10.6 Å². The van der Waals surface area contributed by atoms with Gasteiger partial charge in [-0.2, -0.15) is 0 Å². The fourth-order valence-corrected chi connectivity index (χ4v) is 2.93. The molecule has 0 aliphatic heterocycles. The molecule has 0 aliphatic rings. The first-order valence-electron chi connectivity index (χ1n) is 12.2. The van der Waals surface area contributed by atoms with Crippen molar-refractivity contribution in [3.05, 3.63) is 0 Å². The van der Waals surface area contributed by atoms with E-state index in [1.165, 1.54) is 0 Å². The van der Waals surface area contributed by atoms with E-state index in [1.54, 1.807) is 13.8 Å². The smallest absolute Gasteiger partial charge is 0.407 e. The maximum absolute atomic E-state index is 11.6. The van der Waals surface area contributed by atoms with Crippen molar-refractivity contribution < 1.29 is 28.7 Å². The van der Waals surface area contributed by atoms with E-state index in [0.717, 1.165) is 44.9 Å². The van der Waals surface area contributed by atoms with Gasteiger partial charge in [-0.3, -0.25) is 9.59 Å². The van der Waals surface area contributed by atoms with Gasteiger partial charge < -0.3 is 20.1 Å². The zero-order chi connectivity index (χ0) is 25.3. The van der Waals surface area contributed by atoms with Gasteiger partial charge in [0.15, 0.2) is 0 Å². The van der Waals surface area contributed by atoms with Crippen molar-refractivity contribution in [1.29, 1.82) is 0 Å². The monoisotopic (exact) mass is 470 g/mol. The summed E-state index contributed by atoms with van der Waals surface area (Å²) in [6.07, 6.45) is 6.32. The fourth-order valence-electron chi connectivity index (χ4n) is 2.93. The number of carbonyl (C=O) groups is 4. The Kier molecular flexibility index (Phi) is 15.4. The van der Waals surface area contributed by atoms with Crippen LogP contribution in [0.15, 0.2) is 0 Å². The minimum atomic E-state index is -0.428. The number of rotatable bonds is 18. The van der Waals surface area contributed by atoms with Crippen LogP contribution in [0.2, 0.25) is 0 Å². The SMILES string of the molecule is CC(=O)C(C)(C)CCCCNC(=O)OCCCCCOC(=O)NCCCCC(C)(C)C(C)=O. The quantitative estimate of drug-likeness (QED) is 0.267. The average Bonchev–Trinajstić information content (AvgIpc) is 2.72. The third kappa shape index (κ3) is 16.2. The minimum Gasteiger partial charge on any atom is -0.450 e. The molecular weight excluding hydrogens is 424 g/mol. The number of Topliss-reactive ketones (excluding diaryl/α,β-unsaturated/α-hetero) is 2. The summed E-state index contributed by atoms with van der Waals surface area (Å²) >= 11 is 0. The molecule has 0 radical (unpaired) electrons. The zero-order valence-electron chi connectivity index (χ0n) is 21.6. The molecule has 0 atom stereocenters. The van der Waals surface area contributed by atoms with Crippen LogP contribution in [0.1, 0.15) is 99.3 Å². The van der Waals surface area contributed by atoms with E-state index in [0.29, 0.717) is 39.1 Å². The van der Waals surface area contributed by atoms with Crippen LogP contribution < -0.4 is 10.6 Å². The first kappa shape index (κ1) is 30.9. The molecule has 0 aromatic heterocycles. The van der Waals surface area contributed by atoms with Crippen molar-refractivity contribution in [2.45, 2.75) is 99.3 Å². The molecule has 0 unspecified atom stereocenters. The molecule has 0 fully saturated rings. The predicted molar refractivity (Wildman–Crippen MR) is 129 cm³/mol. The largest absolute Gasteiger partial charge is 0.450 e. The van der Waals surface area contributed by atoms with Gasteiger partial charge in [0.05, 0.1) is 13.2 Å². The van der Waals surface area contributed by atoms with Crippen molar-refractivity contribution in [3.8, 4) is 0 Å². The van der Waals surface area contributed by atoms with Crippen molar-refractivity contribution in [2.75, 3.05) is 26.3 Å². The lowest BCUT2D eigenvalue weighted by molar-refractivity contribution is -0.125. The van der Waals surface area contributed by atoms with Gasteiger partial charge in [0.2, 0.25) is 0 Å². The highest BCUT2D eigenvalue weighted by molar-refractivity contribution is 5.81. The van der Waals surface area contributed by atoms with Gasteiger partial charge >= 0.3 is 12.2 Å². The highest BCUT2D eigenvalue weighted by Crippen LogP contribution is 2.24.